The molecule has 102 valence electrons. The zero-order chi connectivity index (χ0) is 14.5. The third-order valence-corrected chi connectivity index (χ3v) is 3.08. The Morgan fingerprint density at radius 3 is 2.20 bits per heavy atom. The highest BCUT2D eigenvalue weighted by Gasteiger charge is 2.10. The van der Waals surface area contributed by atoms with Crippen molar-refractivity contribution in [2.45, 2.75) is 0 Å². The number of carbonyl (C=O) groups is 2. The summed E-state index contributed by atoms with van der Waals surface area (Å²) in [7, 11) is 1.56. The molecule has 0 radical (unpaired) electrons. The van der Waals surface area contributed by atoms with E-state index in [1.807, 2.05) is 0 Å². The van der Waals surface area contributed by atoms with Crippen LogP contribution < -0.4 is 10.6 Å². The van der Waals surface area contributed by atoms with Crippen LogP contribution in [0.25, 0.3) is 0 Å². The molecule has 0 aliphatic rings. The second kappa shape index (κ2) is 6.21. The molecule has 0 fully saturated rings. The van der Waals surface area contributed by atoms with Gasteiger partial charge >= 0.3 is 0 Å². The molecule has 5 heteroatoms. The van der Waals surface area contributed by atoms with Crippen molar-refractivity contribution in [2.75, 3.05) is 12.4 Å². The first-order valence-corrected chi connectivity index (χ1v) is 6.37. The van der Waals surface area contributed by atoms with Crippen molar-refractivity contribution < 1.29 is 9.59 Å². The van der Waals surface area contributed by atoms with Gasteiger partial charge in [0.2, 0.25) is 0 Å². The van der Waals surface area contributed by atoms with Crippen molar-refractivity contribution in [3.63, 3.8) is 0 Å². The van der Waals surface area contributed by atoms with Crippen LogP contribution in [0.15, 0.2) is 48.5 Å². The van der Waals surface area contributed by atoms with Gasteiger partial charge in [-0.2, -0.15) is 0 Å². The second-order valence-electron chi connectivity index (χ2n) is 4.09. The molecular weight excluding hydrogens is 276 g/mol. The van der Waals surface area contributed by atoms with Crippen LogP contribution in [0.3, 0.4) is 0 Å². The molecule has 2 amide bonds. The summed E-state index contributed by atoms with van der Waals surface area (Å²) in [6.45, 7) is 0. The van der Waals surface area contributed by atoms with E-state index in [2.05, 4.69) is 10.6 Å². The fourth-order valence-corrected chi connectivity index (χ4v) is 1.91. The van der Waals surface area contributed by atoms with E-state index in [4.69, 9.17) is 11.6 Å². The summed E-state index contributed by atoms with van der Waals surface area (Å²) in [6, 6.07) is 13.4. The van der Waals surface area contributed by atoms with Gasteiger partial charge in [-0.05, 0) is 36.4 Å². The third kappa shape index (κ3) is 3.16. The number of hydrogen-bond donors (Lipinski definition) is 2. The Balaban J connectivity index is 2.13. The normalized spacial score (nSPS) is 9.90. The number of nitrogens with one attached hydrogen (secondary N) is 2. The summed E-state index contributed by atoms with van der Waals surface area (Å²) >= 11 is 5.96. The summed E-state index contributed by atoms with van der Waals surface area (Å²) in [6.07, 6.45) is 0. The monoisotopic (exact) mass is 288 g/mol. The lowest BCUT2D eigenvalue weighted by atomic mass is 10.1. The molecule has 0 unspecified atom stereocenters. The molecule has 4 nitrogen and oxygen atoms in total. The van der Waals surface area contributed by atoms with Gasteiger partial charge < -0.3 is 10.6 Å². The molecule has 0 aliphatic carbocycles. The molecule has 0 aliphatic heterocycles. The molecule has 0 atom stereocenters. The van der Waals surface area contributed by atoms with E-state index in [-0.39, 0.29) is 11.8 Å². The van der Waals surface area contributed by atoms with Gasteiger partial charge in [-0.1, -0.05) is 23.7 Å². The Labute approximate surface area is 121 Å². The molecule has 0 heterocycles. The topological polar surface area (TPSA) is 58.2 Å². The van der Waals surface area contributed by atoms with Crippen LogP contribution in [-0.2, 0) is 0 Å². The molecule has 2 aromatic rings. The maximum Gasteiger partial charge on any atom is 0.257 e. The minimum absolute atomic E-state index is 0.172. The van der Waals surface area contributed by atoms with Crippen LogP contribution in [-0.4, -0.2) is 18.9 Å². The zero-order valence-electron chi connectivity index (χ0n) is 10.8. The Morgan fingerprint density at radius 2 is 1.60 bits per heavy atom. The van der Waals surface area contributed by atoms with Gasteiger partial charge in [-0.25, -0.2) is 0 Å². The molecule has 0 saturated heterocycles. The fraction of sp³-hybridized carbons (Fsp3) is 0.0667. The quantitative estimate of drug-likeness (QED) is 0.912. The molecule has 0 saturated carbocycles. The number of rotatable bonds is 3. The highest BCUT2D eigenvalue weighted by atomic mass is 35.5. The molecule has 2 N–H and O–H groups in total. The van der Waals surface area contributed by atoms with Gasteiger partial charge in [0, 0.05) is 18.3 Å². The molecule has 20 heavy (non-hydrogen) atoms. The predicted octanol–water partition coefficient (Wildman–Crippen LogP) is 2.95. The van der Waals surface area contributed by atoms with Gasteiger partial charge in [0.1, 0.15) is 0 Å². The molecular formula is C15H13ClN2O2. The largest absolute Gasteiger partial charge is 0.355 e. The minimum atomic E-state index is -0.289. The van der Waals surface area contributed by atoms with Crippen LogP contribution >= 0.6 is 11.6 Å². The average molecular weight is 289 g/mol. The fourth-order valence-electron chi connectivity index (χ4n) is 1.69. The predicted molar refractivity (Wildman–Crippen MR) is 79.2 cm³/mol. The highest BCUT2D eigenvalue weighted by Crippen LogP contribution is 2.17. The lowest BCUT2D eigenvalue weighted by Crippen LogP contribution is -2.18. The average Bonchev–Trinajstić information content (AvgIpc) is 2.47. The van der Waals surface area contributed by atoms with Crippen molar-refractivity contribution in [3.8, 4) is 0 Å². The molecule has 0 spiro atoms. The van der Waals surface area contributed by atoms with Crippen molar-refractivity contribution in [1.29, 1.82) is 0 Å². The summed E-state index contributed by atoms with van der Waals surface area (Å²) in [5.74, 6) is -0.461. The first-order valence-electron chi connectivity index (χ1n) is 6.00. The number of anilines is 1. The van der Waals surface area contributed by atoms with E-state index >= 15 is 0 Å². The summed E-state index contributed by atoms with van der Waals surface area (Å²) in [4.78, 5) is 23.4. The van der Waals surface area contributed by atoms with E-state index in [9.17, 15) is 9.59 Å². The molecule has 0 bridgehead atoms. The highest BCUT2D eigenvalue weighted by molar-refractivity contribution is 6.34. The van der Waals surface area contributed by atoms with Gasteiger partial charge in [0.25, 0.3) is 11.8 Å². The second-order valence-corrected chi connectivity index (χ2v) is 4.50. The summed E-state index contributed by atoms with van der Waals surface area (Å²) in [5.41, 5.74) is 1.54. The first-order chi connectivity index (χ1) is 9.61. The van der Waals surface area contributed by atoms with Crippen LogP contribution in [0, 0.1) is 0 Å². The Morgan fingerprint density at radius 1 is 0.950 bits per heavy atom. The number of carbonyl (C=O) groups excluding carboxylic acids is 2. The lowest BCUT2D eigenvalue weighted by Gasteiger charge is -2.07. The number of halogens is 1. The van der Waals surface area contributed by atoms with E-state index < -0.39 is 0 Å². The van der Waals surface area contributed by atoms with Crippen molar-refractivity contribution in [3.05, 3.63) is 64.7 Å². The molecule has 2 rings (SSSR count). The Bertz CT molecular complexity index is 639. The molecule has 2 aromatic carbocycles. The number of benzene rings is 2. The van der Waals surface area contributed by atoms with E-state index in [0.29, 0.717) is 21.8 Å². The summed E-state index contributed by atoms with van der Waals surface area (Å²) < 4.78 is 0. The van der Waals surface area contributed by atoms with Gasteiger partial charge in [-0.15, -0.1) is 0 Å². The maximum absolute atomic E-state index is 12.0. The Hall–Kier alpha value is -2.33. The van der Waals surface area contributed by atoms with Crippen LogP contribution in [0.2, 0.25) is 5.02 Å². The van der Waals surface area contributed by atoms with Crippen LogP contribution in [0.5, 0.6) is 0 Å². The number of amides is 2. The minimum Gasteiger partial charge on any atom is -0.355 e. The van der Waals surface area contributed by atoms with E-state index in [0.717, 1.165) is 0 Å². The Kier molecular flexibility index (Phi) is 4.38. The third-order valence-electron chi connectivity index (χ3n) is 2.75. The SMILES string of the molecule is CNC(=O)c1ccc(NC(=O)c2ccccc2Cl)cc1. The smallest absolute Gasteiger partial charge is 0.257 e. The lowest BCUT2D eigenvalue weighted by molar-refractivity contribution is 0.0962. The number of hydrogen-bond acceptors (Lipinski definition) is 2. The van der Waals surface area contributed by atoms with Crippen molar-refractivity contribution >= 4 is 29.1 Å². The molecule has 0 aromatic heterocycles. The van der Waals surface area contributed by atoms with Crippen LogP contribution in [0.4, 0.5) is 5.69 Å². The maximum atomic E-state index is 12.0. The van der Waals surface area contributed by atoms with E-state index in [1.165, 1.54) is 0 Å². The van der Waals surface area contributed by atoms with Crippen molar-refractivity contribution in [1.82, 2.24) is 5.32 Å². The van der Waals surface area contributed by atoms with Gasteiger partial charge in [0.15, 0.2) is 0 Å². The standard InChI is InChI=1S/C15H13ClN2O2/c1-17-14(19)10-6-8-11(9-7-10)18-15(20)12-4-2-3-5-13(12)16/h2-9H,1H3,(H,17,19)(H,18,20). The van der Waals surface area contributed by atoms with Gasteiger partial charge in [-0.3, -0.25) is 9.59 Å². The first kappa shape index (κ1) is 14.1. The summed E-state index contributed by atoms with van der Waals surface area (Å²) in [5, 5.41) is 5.65. The zero-order valence-corrected chi connectivity index (χ0v) is 11.6. The van der Waals surface area contributed by atoms with Crippen LogP contribution in [0.1, 0.15) is 20.7 Å². The van der Waals surface area contributed by atoms with Crippen molar-refractivity contribution in [2.24, 2.45) is 0 Å². The van der Waals surface area contributed by atoms with E-state index in [1.54, 1.807) is 55.6 Å². The van der Waals surface area contributed by atoms with Gasteiger partial charge in [0.05, 0.1) is 10.6 Å².